The smallest absolute Gasteiger partial charge is 0.275 e. The molecule has 0 aliphatic carbocycles. The fourth-order valence-corrected chi connectivity index (χ4v) is 2.68. The average molecular weight is 369 g/mol. The number of benzene rings is 2. The lowest BCUT2D eigenvalue weighted by atomic mass is 10.2. The van der Waals surface area contributed by atoms with E-state index < -0.39 is 5.91 Å². The summed E-state index contributed by atoms with van der Waals surface area (Å²) in [6.45, 7) is 0. The molecular formula is C16H14Cl2N2O4. The molecule has 2 rings (SSSR count). The molecule has 6 nitrogen and oxygen atoms in total. The third-order valence-electron chi connectivity index (χ3n) is 3.09. The highest BCUT2D eigenvalue weighted by atomic mass is 35.5. The van der Waals surface area contributed by atoms with Crippen molar-refractivity contribution in [1.82, 2.24) is 5.43 Å². The second-order valence-corrected chi connectivity index (χ2v) is 5.33. The Morgan fingerprint density at radius 3 is 2.50 bits per heavy atom. The summed E-state index contributed by atoms with van der Waals surface area (Å²) in [4.78, 5) is 12.0. The normalized spacial score (nSPS) is 10.7. The largest absolute Gasteiger partial charge is 0.507 e. The Bertz CT molecular complexity index is 794. The summed E-state index contributed by atoms with van der Waals surface area (Å²) >= 11 is 12.2. The summed E-state index contributed by atoms with van der Waals surface area (Å²) in [7, 11) is 2.87. The maximum Gasteiger partial charge on any atom is 0.275 e. The highest BCUT2D eigenvalue weighted by molar-refractivity contribution is 6.38. The van der Waals surface area contributed by atoms with E-state index in [2.05, 4.69) is 10.5 Å². The summed E-state index contributed by atoms with van der Waals surface area (Å²) in [5.74, 6) is -0.114. The standard InChI is InChI=1S/C16H14Cl2N2O4/c1-23-14-9(7-11(17)15(24-2)13(14)18)8-19-20-16(22)10-5-3-4-6-12(10)21/h3-8,21H,1-2H3,(H,20,22)/b19-8-. The third kappa shape index (κ3) is 3.72. The molecule has 0 aromatic heterocycles. The molecule has 0 saturated carbocycles. The zero-order valence-corrected chi connectivity index (χ0v) is 14.4. The molecule has 2 N–H and O–H groups in total. The summed E-state index contributed by atoms with van der Waals surface area (Å²) < 4.78 is 10.3. The Kier molecular flexibility index (Phi) is 5.89. The number of hydrazone groups is 1. The van der Waals surface area contributed by atoms with Gasteiger partial charge in [0.25, 0.3) is 5.91 Å². The van der Waals surface area contributed by atoms with E-state index in [-0.39, 0.29) is 27.1 Å². The van der Waals surface area contributed by atoms with Gasteiger partial charge in [0.2, 0.25) is 0 Å². The van der Waals surface area contributed by atoms with Gasteiger partial charge in [-0.05, 0) is 18.2 Å². The van der Waals surface area contributed by atoms with E-state index in [0.29, 0.717) is 11.3 Å². The van der Waals surface area contributed by atoms with Gasteiger partial charge >= 0.3 is 0 Å². The number of methoxy groups -OCH3 is 2. The van der Waals surface area contributed by atoms with E-state index in [0.717, 1.165) is 0 Å². The van der Waals surface area contributed by atoms with Crippen molar-refractivity contribution in [2.75, 3.05) is 14.2 Å². The molecule has 1 amide bonds. The van der Waals surface area contributed by atoms with Gasteiger partial charge in [0.15, 0.2) is 5.75 Å². The fourth-order valence-electron chi connectivity index (χ4n) is 1.98. The molecule has 2 aromatic carbocycles. The average Bonchev–Trinajstić information content (AvgIpc) is 2.55. The Morgan fingerprint density at radius 1 is 1.21 bits per heavy atom. The predicted octanol–water partition coefficient (Wildman–Crippen LogP) is 3.48. The van der Waals surface area contributed by atoms with Crippen LogP contribution in [-0.4, -0.2) is 31.4 Å². The maximum atomic E-state index is 12.0. The van der Waals surface area contributed by atoms with E-state index in [9.17, 15) is 9.90 Å². The quantitative estimate of drug-likeness (QED) is 0.625. The fraction of sp³-hybridized carbons (Fsp3) is 0.125. The molecule has 0 saturated heterocycles. The molecular weight excluding hydrogens is 355 g/mol. The molecule has 2 aromatic rings. The van der Waals surface area contributed by atoms with Crippen LogP contribution in [0.5, 0.6) is 17.2 Å². The number of phenols is 1. The number of ether oxygens (including phenoxy) is 2. The molecule has 0 unspecified atom stereocenters. The number of nitrogens with one attached hydrogen (secondary N) is 1. The van der Waals surface area contributed by atoms with E-state index in [1.165, 1.54) is 32.6 Å². The van der Waals surface area contributed by atoms with Gasteiger partial charge in [-0.1, -0.05) is 35.3 Å². The molecule has 0 spiro atoms. The minimum absolute atomic E-state index is 0.104. The number of hydrogen-bond acceptors (Lipinski definition) is 5. The SMILES string of the molecule is COc1c(Cl)cc(/C=N\NC(=O)c2ccccc2O)c(OC)c1Cl. The van der Waals surface area contributed by atoms with Gasteiger partial charge in [0, 0.05) is 5.56 Å². The number of amides is 1. The number of halogens is 2. The number of rotatable bonds is 5. The van der Waals surface area contributed by atoms with Crippen LogP contribution in [0.4, 0.5) is 0 Å². The molecule has 126 valence electrons. The third-order valence-corrected chi connectivity index (χ3v) is 3.71. The number of hydrogen-bond donors (Lipinski definition) is 2. The molecule has 0 aliphatic rings. The molecule has 0 heterocycles. The first-order valence-electron chi connectivity index (χ1n) is 6.71. The highest BCUT2D eigenvalue weighted by Gasteiger charge is 2.16. The van der Waals surface area contributed by atoms with Crippen molar-refractivity contribution in [2.24, 2.45) is 5.10 Å². The van der Waals surface area contributed by atoms with Crippen LogP contribution in [0.25, 0.3) is 0 Å². The molecule has 0 atom stereocenters. The first-order valence-corrected chi connectivity index (χ1v) is 7.46. The molecule has 0 fully saturated rings. The van der Waals surface area contributed by atoms with Crippen LogP contribution < -0.4 is 14.9 Å². The van der Waals surface area contributed by atoms with Crippen molar-refractivity contribution in [1.29, 1.82) is 0 Å². The number of para-hydroxylation sites is 1. The lowest BCUT2D eigenvalue weighted by molar-refractivity contribution is 0.0952. The Morgan fingerprint density at radius 2 is 1.88 bits per heavy atom. The van der Waals surface area contributed by atoms with Crippen LogP contribution in [0.2, 0.25) is 10.0 Å². The van der Waals surface area contributed by atoms with E-state index in [1.54, 1.807) is 18.2 Å². The van der Waals surface area contributed by atoms with Gasteiger partial charge in [0.05, 0.1) is 31.0 Å². The second kappa shape index (κ2) is 7.90. The summed E-state index contributed by atoms with van der Waals surface area (Å²) in [6.07, 6.45) is 1.33. The van der Waals surface area contributed by atoms with Gasteiger partial charge in [0.1, 0.15) is 16.5 Å². The predicted molar refractivity (Wildman–Crippen MR) is 92.7 cm³/mol. The second-order valence-electron chi connectivity index (χ2n) is 4.54. The van der Waals surface area contributed by atoms with Gasteiger partial charge in [-0.2, -0.15) is 5.10 Å². The van der Waals surface area contributed by atoms with Crippen molar-refractivity contribution < 1.29 is 19.4 Å². The number of nitrogens with zero attached hydrogens (tertiary/aromatic N) is 1. The van der Waals surface area contributed by atoms with Crippen molar-refractivity contribution in [3.63, 3.8) is 0 Å². The number of carbonyl (C=O) groups is 1. The maximum absolute atomic E-state index is 12.0. The van der Waals surface area contributed by atoms with Crippen LogP contribution in [0.1, 0.15) is 15.9 Å². The van der Waals surface area contributed by atoms with Gasteiger partial charge in [-0.15, -0.1) is 0 Å². The Balaban J connectivity index is 2.23. The first-order chi connectivity index (χ1) is 11.5. The van der Waals surface area contributed by atoms with Crippen molar-refractivity contribution >= 4 is 35.3 Å². The summed E-state index contributed by atoms with van der Waals surface area (Å²) in [5, 5.41) is 13.9. The van der Waals surface area contributed by atoms with E-state index in [1.807, 2.05) is 0 Å². The van der Waals surface area contributed by atoms with Crippen LogP contribution in [-0.2, 0) is 0 Å². The highest BCUT2D eigenvalue weighted by Crippen LogP contribution is 2.41. The lowest BCUT2D eigenvalue weighted by Crippen LogP contribution is -2.17. The van der Waals surface area contributed by atoms with Gasteiger partial charge in [-0.25, -0.2) is 5.43 Å². The number of aromatic hydroxyl groups is 1. The molecule has 0 bridgehead atoms. The van der Waals surface area contributed by atoms with Crippen LogP contribution in [0.15, 0.2) is 35.4 Å². The van der Waals surface area contributed by atoms with Crippen molar-refractivity contribution in [2.45, 2.75) is 0 Å². The zero-order chi connectivity index (χ0) is 17.7. The molecule has 0 radical (unpaired) electrons. The molecule has 24 heavy (non-hydrogen) atoms. The van der Waals surface area contributed by atoms with Crippen LogP contribution >= 0.6 is 23.2 Å². The minimum Gasteiger partial charge on any atom is -0.507 e. The number of carbonyl (C=O) groups excluding carboxylic acids is 1. The Hall–Kier alpha value is -2.44. The summed E-state index contributed by atoms with van der Waals surface area (Å²) in [6, 6.07) is 7.67. The van der Waals surface area contributed by atoms with Crippen LogP contribution in [0, 0.1) is 0 Å². The minimum atomic E-state index is -0.561. The van der Waals surface area contributed by atoms with Crippen molar-refractivity contribution in [3.8, 4) is 17.2 Å². The molecule has 8 heteroatoms. The Labute approximate surface area is 148 Å². The van der Waals surface area contributed by atoms with E-state index in [4.69, 9.17) is 32.7 Å². The van der Waals surface area contributed by atoms with Crippen molar-refractivity contribution in [3.05, 3.63) is 51.5 Å². The van der Waals surface area contributed by atoms with E-state index >= 15 is 0 Å². The lowest BCUT2D eigenvalue weighted by Gasteiger charge is -2.12. The van der Waals surface area contributed by atoms with Gasteiger partial charge in [-0.3, -0.25) is 4.79 Å². The zero-order valence-electron chi connectivity index (χ0n) is 12.8. The summed E-state index contributed by atoms with van der Waals surface area (Å²) in [5.41, 5.74) is 2.86. The molecule has 0 aliphatic heterocycles. The number of phenolic OH excluding ortho intramolecular Hbond substituents is 1. The van der Waals surface area contributed by atoms with Crippen LogP contribution in [0.3, 0.4) is 0 Å². The first kappa shape index (κ1) is 17.9. The topological polar surface area (TPSA) is 80.2 Å². The van der Waals surface area contributed by atoms with Gasteiger partial charge < -0.3 is 14.6 Å². The monoisotopic (exact) mass is 368 g/mol.